The smallest absolute Gasteiger partial charge is 0.0528 e. The first-order valence-electron chi connectivity index (χ1n) is 5.26. The zero-order chi connectivity index (χ0) is 10.4. The summed E-state index contributed by atoms with van der Waals surface area (Å²) < 4.78 is 3.69. The van der Waals surface area contributed by atoms with Crippen LogP contribution in [0, 0.1) is 0 Å². The summed E-state index contributed by atoms with van der Waals surface area (Å²) in [6, 6.07) is 6.59. The van der Waals surface area contributed by atoms with Gasteiger partial charge in [0, 0.05) is 28.6 Å². The van der Waals surface area contributed by atoms with Crippen LogP contribution in [0.25, 0.3) is 10.9 Å². The van der Waals surface area contributed by atoms with E-state index in [4.69, 9.17) is 0 Å². The van der Waals surface area contributed by atoms with E-state index in [1.165, 1.54) is 33.1 Å². The third-order valence-electron chi connectivity index (χ3n) is 3.15. The van der Waals surface area contributed by atoms with Gasteiger partial charge in [0.25, 0.3) is 0 Å². The highest BCUT2D eigenvalue weighted by molar-refractivity contribution is 9.10. The van der Waals surface area contributed by atoms with Gasteiger partial charge in [0.1, 0.15) is 0 Å². The molecule has 1 aromatic carbocycles. The van der Waals surface area contributed by atoms with Gasteiger partial charge < -0.3 is 9.88 Å². The Bertz CT molecular complexity index is 528. The summed E-state index contributed by atoms with van der Waals surface area (Å²) in [4.78, 5) is 0. The van der Waals surface area contributed by atoms with Crippen molar-refractivity contribution in [1.82, 2.24) is 9.88 Å². The second kappa shape index (κ2) is 3.35. The van der Waals surface area contributed by atoms with E-state index in [0.29, 0.717) is 0 Å². The molecule has 0 radical (unpaired) electrons. The molecular formula is C12H13BrN2. The molecule has 3 heteroatoms. The zero-order valence-electron chi connectivity index (χ0n) is 8.68. The maximum atomic E-state index is 3.71. The number of aryl methyl sites for hydroxylation is 2. The van der Waals surface area contributed by atoms with Crippen molar-refractivity contribution in [2.24, 2.45) is 0 Å². The van der Waals surface area contributed by atoms with Gasteiger partial charge in [-0.25, -0.2) is 0 Å². The average molecular weight is 265 g/mol. The summed E-state index contributed by atoms with van der Waals surface area (Å²) in [6.07, 6.45) is 1.18. The molecule has 3 rings (SSSR count). The molecule has 0 saturated carbocycles. The number of nitrogens with zero attached hydrogens (tertiary/aromatic N) is 1. The fourth-order valence-corrected chi connectivity index (χ4v) is 3.19. The molecule has 2 nitrogen and oxygen atoms in total. The maximum Gasteiger partial charge on any atom is 0.0528 e. The minimum absolute atomic E-state index is 0.925. The Morgan fingerprint density at radius 1 is 1.47 bits per heavy atom. The fourth-order valence-electron chi connectivity index (χ4n) is 2.52. The largest absolute Gasteiger partial charge is 0.342 e. The van der Waals surface area contributed by atoms with E-state index in [1.807, 2.05) is 7.05 Å². The summed E-state index contributed by atoms with van der Waals surface area (Å²) in [6.45, 7) is 2.05. The Hall–Kier alpha value is -0.800. The maximum absolute atomic E-state index is 3.71. The predicted octanol–water partition coefficient (Wildman–Crippen LogP) is 2.68. The van der Waals surface area contributed by atoms with Crippen molar-refractivity contribution in [2.45, 2.75) is 19.5 Å². The van der Waals surface area contributed by atoms with Crippen molar-refractivity contribution in [3.63, 3.8) is 0 Å². The summed E-state index contributed by atoms with van der Waals surface area (Å²) in [5.41, 5.74) is 4.28. The number of nitrogens with one attached hydrogen (secondary N) is 1. The molecule has 1 aliphatic heterocycles. The van der Waals surface area contributed by atoms with Gasteiger partial charge >= 0.3 is 0 Å². The van der Waals surface area contributed by atoms with Crippen molar-refractivity contribution in [3.05, 3.63) is 33.9 Å². The SMILES string of the molecule is CNCc1c(Br)c2cccc3c2n1CC3. The average Bonchev–Trinajstić information content (AvgIpc) is 2.78. The Morgan fingerprint density at radius 3 is 3.13 bits per heavy atom. The summed E-state index contributed by atoms with van der Waals surface area (Å²) >= 11 is 3.71. The van der Waals surface area contributed by atoms with E-state index >= 15 is 0 Å². The Balaban J connectivity index is 2.37. The lowest BCUT2D eigenvalue weighted by atomic mass is 10.1. The van der Waals surface area contributed by atoms with Crippen LogP contribution in [0.5, 0.6) is 0 Å². The molecule has 1 aromatic heterocycles. The number of hydrogen-bond acceptors (Lipinski definition) is 1. The third-order valence-corrected chi connectivity index (χ3v) is 4.04. The lowest BCUT2D eigenvalue weighted by molar-refractivity contribution is 0.680. The molecule has 1 N–H and O–H groups in total. The van der Waals surface area contributed by atoms with Crippen LogP contribution >= 0.6 is 15.9 Å². The standard InChI is InChI=1S/C12H13BrN2/c1-14-7-10-11(13)9-4-2-3-8-5-6-15(10)12(8)9/h2-4,14H,5-7H2,1H3. The Morgan fingerprint density at radius 2 is 2.33 bits per heavy atom. The monoisotopic (exact) mass is 264 g/mol. The van der Waals surface area contributed by atoms with Crippen molar-refractivity contribution in [1.29, 1.82) is 0 Å². The Labute approximate surface area is 97.4 Å². The second-order valence-corrected chi connectivity index (χ2v) is 4.80. The molecule has 0 fully saturated rings. The lowest BCUT2D eigenvalue weighted by Gasteiger charge is -2.05. The van der Waals surface area contributed by atoms with Gasteiger partial charge in [0.2, 0.25) is 0 Å². The highest BCUT2D eigenvalue weighted by atomic mass is 79.9. The first-order chi connectivity index (χ1) is 7.33. The van der Waals surface area contributed by atoms with E-state index in [2.05, 4.69) is 44.0 Å². The number of halogens is 1. The number of benzene rings is 1. The van der Waals surface area contributed by atoms with E-state index in [0.717, 1.165) is 13.1 Å². The molecule has 0 spiro atoms. The van der Waals surface area contributed by atoms with Gasteiger partial charge in [-0.15, -0.1) is 0 Å². The predicted molar refractivity (Wildman–Crippen MR) is 66.1 cm³/mol. The molecule has 1 aliphatic rings. The van der Waals surface area contributed by atoms with Crippen LogP contribution in [0.4, 0.5) is 0 Å². The van der Waals surface area contributed by atoms with Crippen LogP contribution in [0.3, 0.4) is 0 Å². The topological polar surface area (TPSA) is 17.0 Å². The van der Waals surface area contributed by atoms with Crippen LogP contribution in [-0.2, 0) is 19.5 Å². The van der Waals surface area contributed by atoms with Gasteiger partial charge in [0.05, 0.1) is 5.52 Å². The zero-order valence-corrected chi connectivity index (χ0v) is 10.3. The third kappa shape index (κ3) is 1.20. The lowest BCUT2D eigenvalue weighted by Crippen LogP contribution is -2.10. The molecule has 2 aromatic rings. The van der Waals surface area contributed by atoms with Gasteiger partial charge in [0.15, 0.2) is 0 Å². The van der Waals surface area contributed by atoms with Gasteiger partial charge in [-0.05, 0) is 35.0 Å². The van der Waals surface area contributed by atoms with Crippen molar-refractivity contribution in [3.8, 4) is 0 Å². The van der Waals surface area contributed by atoms with Crippen LogP contribution in [0.2, 0.25) is 0 Å². The molecule has 0 atom stereocenters. The van der Waals surface area contributed by atoms with E-state index in [1.54, 1.807) is 0 Å². The summed E-state index contributed by atoms with van der Waals surface area (Å²) in [7, 11) is 1.99. The van der Waals surface area contributed by atoms with Crippen molar-refractivity contribution in [2.75, 3.05) is 7.05 Å². The number of rotatable bonds is 2. The molecule has 0 bridgehead atoms. The van der Waals surface area contributed by atoms with E-state index in [-0.39, 0.29) is 0 Å². The first kappa shape index (κ1) is 9.43. The van der Waals surface area contributed by atoms with Gasteiger partial charge in [-0.1, -0.05) is 18.2 Å². The second-order valence-electron chi connectivity index (χ2n) is 4.01. The first-order valence-corrected chi connectivity index (χ1v) is 6.05. The molecule has 0 amide bonds. The van der Waals surface area contributed by atoms with Gasteiger partial charge in [-0.2, -0.15) is 0 Å². The molecular weight excluding hydrogens is 252 g/mol. The minimum atomic E-state index is 0.925. The van der Waals surface area contributed by atoms with Crippen LogP contribution < -0.4 is 5.32 Å². The molecule has 78 valence electrons. The quantitative estimate of drug-likeness (QED) is 0.883. The molecule has 0 unspecified atom stereocenters. The molecule has 0 aliphatic carbocycles. The van der Waals surface area contributed by atoms with Gasteiger partial charge in [-0.3, -0.25) is 0 Å². The minimum Gasteiger partial charge on any atom is -0.342 e. The number of para-hydroxylation sites is 1. The summed E-state index contributed by atoms with van der Waals surface area (Å²) in [5.74, 6) is 0. The fraction of sp³-hybridized carbons (Fsp3) is 0.333. The normalized spacial score (nSPS) is 14.0. The molecule has 2 heterocycles. The number of hydrogen-bond donors (Lipinski definition) is 1. The van der Waals surface area contributed by atoms with Crippen LogP contribution in [0.15, 0.2) is 22.7 Å². The Kier molecular flexibility index (Phi) is 2.11. The molecule has 15 heavy (non-hydrogen) atoms. The highest BCUT2D eigenvalue weighted by Gasteiger charge is 2.21. The van der Waals surface area contributed by atoms with E-state index in [9.17, 15) is 0 Å². The van der Waals surface area contributed by atoms with E-state index < -0.39 is 0 Å². The summed E-state index contributed by atoms with van der Waals surface area (Å²) in [5, 5.41) is 4.59. The van der Waals surface area contributed by atoms with Crippen molar-refractivity contribution < 1.29 is 0 Å². The molecule has 0 saturated heterocycles. The van der Waals surface area contributed by atoms with Crippen LogP contribution in [-0.4, -0.2) is 11.6 Å². The van der Waals surface area contributed by atoms with Crippen LogP contribution in [0.1, 0.15) is 11.3 Å². The van der Waals surface area contributed by atoms with Crippen molar-refractivity contribution >= 4 is 26.8 Å². The number of aromatic nitrogens is 1. The highest BCUT2D eigenvalue weighted by Crippen LogP contribution is 2.36.